The molecular formula is C21H47NO7Si. The highest BCUT2D eigenvalue weighted by molar-refractivity contribution is 6.60. The predicted molar refractivity (Wildman–Crippen MR) is 121 cm³/mol. The van der Waals surface area contributed by atoms with Crippen molar-refractivity contribution >= 4 is 8.80 Å². The van der Waals surface area contributed by atoms with Crippen LogP contribution in [0, 0.1) is 0 Å². The maximum absolute atomic E-state index is 6.16. The number of rotatable bonds is 24. The summed E-state index contributed by atoms with van der Waals surface area (Å²) in [5.41, 5.74) is 6.16. The van der Waals surface area contributed by atoms with Gasteiger partial charge in [0.2, 0.25) is 0 Å². The number of hydrogen-bond donors (Lipinski definition) is 1. The first-order chi connectivity index (χ1) is 14.6. The Morgan fingerprint density at radius 3 is 1.57 bits per heavy atom. The summed E-state index contributed by atoms with van der Waals surface area (Å²) in [6, 6.07) is 0.765. The summed E-state index contributed by atoms with van der Waals surface area (Å²) in [6.07, 6.45) is 3.99. The summed E-state index contributed by atoms with van der Waals surface area (Å²) >= 11 is 0. The molecule has 0 aromatic rings. The molecule has 0 amide bonds. The predicted octanol–water partition coefficient (Wildman–Crippen LogP) is 3.01. The second-order valence-electron chi connectivity index (χ2n) is 6.90. The molecule has 9 heteroatoms. The van der Waals surface area contributed by atoms with Gasteiger partial charge in [-0.25, -0.2) is 0 Å². The second kappa shape index (κ2) is 22.1. The quantitative estimate of drug-likeness (QED) is 0.176. The van der Waals surface area contributed by atoms with Gasteiger partial charge in [-0.1, -0.05) is 13.3 Å². The number of nitrogens with two attached hydrogens (primary N) is 1. The highest BCUT2D eigenvalue weighted by Crippen LogP contribution is 2.19. The number of ether oxygens (including phenoxy) is 4. The summed E-state index contributed by atoms with van der Waals surface area (Å²) in [5.74, 6) is 0. The first-order valence-electron chi connectivity index (χ1n) is 11.6. The van der Waals surface area contributed by atoms with Crippen LogP contribution in [0.3, 0.4) is 0 Å². The van der Waals surface area contributed by atoms with Gasteiger partial charge in [0.05, 0.1) is 46.2 Å². The summed E-state index contributed by atoms with van der Waals surface area (Å²) in [6.45, 7) is 14.6. The van der Waals surface area contributed by atoms with Crippen molar-refractivity contribution in [1.82, 2.24) is 0 Å². The minimum atomic E-state index is -2.57. The molecule has 1 atom stereocenters. The zero-order chi connectivity index (χ0) is 22.3. The lowest BCUT2D eigenvalue weighted by atomic mass is 10.2. The molecule has 8 nitrogen and oxygen atoms in total. The van der Waals surface area contributed by atoms with Gasteiger partial charge in [-0.3, -0.25) is 0 Å². The molecular weight excluding hydrogens is 406 g/mol. The van der Waals surface area contributed by atoms with Gasteiger partial charge in [0.15, 0.2) is 0 Å². The average Bonchev–Trinajstić information content (AvgIpc) is 2.72. The van der Waals surface area contributed by atoms with Crippen LogP contribution in [0.1, 0.15) is 53.4 Å². The second-order valence-corrected chi connectivity index (χ2v) is 9.63. The molecule has 182 valence electrons. The van der Waals surface area contributed by atoms with Crippen LogP contribution in [0.15, 0.2) is 0 Å². The van der Waals surface area contributed by atoms with Gasteiger partial charge >= 0.3 is 8.80 Å². The van der Waals surface area contributed by atoms with Crippen molar-refractivity contribution in [2.24, 2.45) is 5.73 Å². The van der Waals surface area contributed by atoms with Crippen LogP contribution >= 0.6 is 0 Å². The van der Waals surface area contributed by atoms with E-state index in [1.807, 2.05) is 20.8 Å². The van der Waals surface area contributed by atoms with Crippen LogP contribution in [0.4, 0.5) is 0 Å². The van der Waals surface area contributed by atoms with Crippen molar-refractivity contribution in [3.63, 3.8) is 0 Å². The molecule has 2 N–H and O–H groups in total. The fraction of sp³-hybridized carbons (Fsp3) is 1.00. The zero-order valence-electron chi connectivity index (χ0n) is 19.8. The summed E-state index contributed by atoms with van der Waals surface area (Å²) in [7, 11) is -2.57. The maximum atomic E-state index is 6.16. The Bertz CT molecular complexity index is 336. The monoisotopic (exact) mass is 453 g/mol. The normalized spacial score (nSPS) is 13.1. The van der Waals surface area contributed by atoms with Crippen molar-refractivity contribution < 1.29 is 32.2 Å². The van der Waals surface area contributed by atoms with Gasteiger partial charge in [-0.2, -0.15) is 0 Å². The summed E-state index contributed by atoms with van der Waals surface area (Å²) in [5, 5.41) is 0. The van der Waals surface area contributed by atoms with E-state index in [1.54, 1.807) is 0 Å². The van der Waals surface area contributed by atoms with E-state index in [0.717, 1.165) is 38.3 Å². The van der Waals surface area contributed by atoms with Crippen molar-refractivity contribution in [1.29, 1.82) is 0 Å². The molecule has 0 fully saturated rings. The van der Waals surface area contributed by atoms with E-state index >= 15 is 0 Å². The largest absolute Gasteiger partial charge is 0.500 e. The molecule has 30 heavy (non-hydrogen) atoms. The Balaban J connectivity index is 3.61. The van der Waals surface area contributed by atoms with Crippen molar-refractivity contribution in [3.05, 3.63) is 0 Å². The fourth-order valence-electron chi connectivity index (χ4n) is 2.81. The standard InChI is InChI=1S/C21H47NO7Si/c1-5-9-12-23-13-14-24-15-16-25-17-18-26-20-21(22)11-10-19-30(27-6-2,28-7-3)29-8-4/h21H,5-20,22H2,1-4H3. The van der Waals surface area contributed by atoms with Gasteiger partial charge in [0.25, 0.3) is 0 Å². The Kier molecular flexibility index (Phi) is 22.0. The molecule has 0 saturated carbocycles. The highest BCUT2D eigenvalue weighted by atomic mass is 28.4. The van der Waals surface area contributed by atoms with Crippen LogP contribution in [0.2, 0.25) is 6.04 Å². The van der Waals surface area contributed by atoms with E-state index in [9.17, 15) is 0 Å². The minimum Gasteiger partial charge on any atom is -0.379 e. The van der Waals surface area contributed by atoms with Gasteiger partial charge in [0.1, 0.15) is 0 Å². The average molecular weight is 454 g/mol. The molecule has 0 saturated heterocycles. The molecule has 0 bridgehead atoms. The van der Waals surface area contributed by atoms with Gasteiger partial charge in [0, 0.05) is 38.5 Å². The molecule has 1 unspecified atom stereocenters. The van der Waals surface area contributed by atoms with E-state index in [4.69, 9.17) is 38.0 Å². The zero-order valence-corrected chi connectivity index (χ0v) is 20.8. The molecule has 0 radical (unpaired) electrons. The third kappa shape index (κ3) is 17.6. The van der Waals surface area contributed by atoms with Crippen molar-refractivity contribution in [2.45, 2.75) is 65.5 Å². The molecule has 0 aliphatic carbocycles. The van der Waals surface area contributed by atoms with E-state index in [1.165, 1.54) is 0 Å². The number of unbranched alkanes of at least 4 members (excludes halogenated alkanes) is 1. The Hall–Kier alpha value is -0.103. The van der Waals surface area contributed by atoms with Crippen LogP contribution in [0.25, 0.3) is 0 Å². The fourth-order valence-corrected chi connectivity index (χ4v) is 5.45. The lowest BCUT2D eigenvalue weighted by Gasteiger charge is -2.28. The maximum Gasteiger partial charge on any atom is 0.500 e. The molecule has 0 aromatic carbocycles. The van der Waals surface area contributed by atoms with Crippen LogP contribution in [0.5, 0.6) is 0 Å². The van der Waals surface area contributed by atoms with Gasteiger partial charge < -0.3 is 38.0 Å². The molecule has 0 aromatic heterocycles. The third-order valence-corrected chi connectivity index (χ3v) is 7.39. The third-order valence-electron chi connectivity index (χ3n) is 4.24. The minimum absolute atomic E-state index is 0.0161. The van der Waals surface area contributed by atoms with Gasteiger partial charge in [-0.15, -0.1) is 0 Å². The Labute approximate surface area is 185 Å². The smallest absolute Gasteiger partial charge is 0.379 e. The van der Waals surface area contributed by atoms with E-state index < -0.39 is 8.80 Å². The van der Waals surface area contributed by atoms with E-state index in [0.29, 0.717) is 66.1 Å². The lowest BCUT2D eigenvalue weighted by molar-refractivity contribution is -0.00357. The summed E-state index contributed by atoms with van der Waals surface area (Å²) in [4.78, 5) is 0. The van der Waals surface area contributed by atoms with Crippen LogP contribution < -0.4 is 5.73 Å². The van der Waals surface area contributed by atoms with Gasteiger partial charge in [-0.05, 0) is 40.0 Å². The Morgan fingerprint density at radius 1 is 0.633 bits per heavy atom. The first-order valence-corrected chi connectivity index (χ1v) is 13.6. The summed E-state index contributed by atoms with van der Waals surface area (Å²) < 4.78 is 39.6. The lowest BCUT2D eigenvalue weighted by Crippen LogP contribution is -2.46. The van der Waals surface area contributed by atoms with E-state index in [-0.39, 0.29) is 6.04 Å². The van der Waals surface area contributed by atoms with Crippen LogP contribution in [-0.4, -0.2) is 87.5 Å². The first kappa shape index (κ1) is 29.9. The highest BCUT2D eigenvalue weighted by Gasteiger charge is 2.39. The molecule has 0 spiro atoms. The topological polar surface area (TPSA) is 90.6 Å². The van der Waals surface area contributed by atoms with Crippen molar-refractivity contribution in [2.75, 3.05) is 72.7 Å². The molecule has 0 heterocycles. The van der Waals surface area contributed by atoms with Crippen LogP contribution in [-0.2, 0) is 32.2 Å². The number of hydrogen-bond acceptors (Lipinski definition) is 8. The molecule has 0 rings (SSSR count). The van der Waals surface area contributed by atoms with Crippen molar-refractivity contribution in [3.8, 4) is 0 Å². The molecule has 0 aliphatic rings. The Morgan fingerprint density at radius 2 is 1.10 bits per heavy atom. The van der Waals surface area contributed by atoms with E-state index in [2.05, 4.69) is 6.92 Å². The SMILES string of the molecule is CCCCOCCOCCOCCOCC(N)CCC[Si](OCC)(OCC)OCC. The molecule has 0 aliphatic heterocycles.